The van der Waals surface area contributed by atoms with Crippen LogP contribution < -0.4 is 5.32 Å². The molecule has 1 atom stereocenters. The van der Waals surface area contributed by atoms with Gasteiger partial charge in [0.25, 0.3) is 0 Å². The van der Waals surface area contributed by atoms with Crippen molar-refractivity contribution < 1.29 is 5.11 Å². The fourth-order valence-electron chi connectivity index (χ4n) is 2.66. The second-order valence-corrected chi connectivity index (χ2v) is 5.82. The predicted molar refractivity (Wildman–Crippen MR) is 93.9 cm³/mol. The molecular formula is C18H18ClN3O. The third-order valence-electron chi connectivity index (χ3n) is 3.86. The summed E-state index contributed by atoms with van der Waals surface area (Å²) in [5.41, 5.74) is 2.02. The Morgan fingerprint density at radius 1 is 1.09 bits per heavy atom. The largest absolute Gasteiger partial charge is 0.396 e. The molecule has 1 aromatic heterocycles. The molecule has 0 fully saturated rings. The lowest BCUT2D eigenvalue weighted by molar-refractivity contribution is 0.277. The maximum atomic E-state index is 9.33. The highest BCUT2D eigenvalue weighted by molar-refractivity contribution is 6.31. The van der Waals surface area contributed by atoms with E-state index in [1.807, 2.05) is 36.4 Å². The van der Waals surface area contributed by atoms with Crippen LogP contribution in [0.25, 0.3) is 10.9 Å². The minimum atomic E-state index is 0.154. The molecule has 1 heterocycles. The topological polar surface area (TPSA) is 58.0 Å². The van der Waals surface area contributed by atoms with E-state index in [9.17, 15) is 5.11 Å². The molecule has 3 aromatic rings. The maximum Gasteiger partial charge on any atom is 0.137 e. The molecule has 2 N–H and O–H groups in total. The smallest absolute Gasteiger partial charge is 0.137 e. The van der Waals surface area contributed by atoms with Gasteiger partial charge in [-0.2, -0.15) is 0 Å². The molecule has 0 aliphatic rings. The monoisotopic (exact) mass is 327 g/mol. The second kappa shape index (κ2) is 7.40. The first-order valence-electron chi connectivity index (χ1n) is 7.58. The van der Waals surface area contributed by atoms with Crippen LogP contribution in [-0.4, -0.2) is 28.2 Å². The van der Waals surface area contributed by atoms with Crippen molar-refractivity contribution in [2.75, 3.05) is 18.5 Å². The minimum absolute atomic E-state index is 0.154. The molecule has 0 saturated carbocycles. The number of halogens is 1. The molecule has 0 spiro atoms. The number of rotatable bonds is 6. The van der Waals surface area contributed by atoms with Crippen LogP contribution in [0.5, 0.6) is 0 Å². The average molecular weight is 328 g/mol. The van der Waals surface area contributed by atoms with Gasteiger partial charge in [-0.25, -0.2) is 9.97 Å². The predicted octanol–water partition coefficient (Wildman–Crippen LogP) is 3.86. The summed E-state index contributed by atoms with van der Waals surface area (Å²) in [4.78, 5) is 8.58. The summed E-state index contributed by atoms with van der Waals surface area (Å²) >= 11 is 6.01. The highest BCUT2D eigenvalue weighted by atomic mass is 35.5. The molecule has 4 nitrogen and oxygen atoms in total. The summed E-state index contributed by atoms with van der Waals surface area (Å²) in [6.07, 6.45) is 2.23. The van der Waals surface area contributed by atoms with Gasteiger partial charge in [-0.1, -0.05) is 41.9 Å². The number of hydrogen-bond acceptors (Lipinski definition) is 4. The molecule has 5 heteroatoms. The second-order valence-electron chi connectivity index (χ2n) is 5.38. The molecule has 0 aliphatic carbocycles. The SMILES string of the molecule is OCCC(CNc1ncnc2cc(Cl)ccc12)c1ccccc1. The van der Waals surface area contributed by atoms with Gasteiger partial charge in [0, 0.05) is 29.5 Å². The average Bonchev–Trinajstić information content (AvgIpc) is 2.59. The van der Waals surface area contributed by atoms with Gasteiger partial charge >= 0.3 is 0 Å². The quantitative estimate of drug-likeness (QED) is 0.721. The third kappa shape index (κ3) is 3.78. The molecule has 118 valence electrons. The van der Waals surface area contributed by atoms with Crippen LogP contribution in [0.4, 0.5) is 5.82 Å². The van der Waals surface area contributed by atoms with Crippen LogP contribution in [0.15, 0.2) is 54.9 Å². The van der Waals surface area contributed by atoms with Gasteiger partial charge in [-0.3, -0.25) is 0 Å². The number of fused-ring (bicyclic) bond motifs is 1. The van der Waals surface area contributed by atoms with Crippen molar-refractivity contribution in [2.45, 2.75) is 12.3 Å². The standard InChI is InChI=1S/C18H18ClN3O/c19-15-6-7-16-17(10-15)21-12-22-18(16)20-11-14(8-9-23)13-4-2-1-3-5-13/h1-7,10,12,14,23H,8-9,11H2,(H,20,21,22). The van der Waals surface area contributed by atoms with E-state index in [0.29, 0.717) is 18.0 Å². The molecule has 2 aromatic carbocycles. The lowest BCUT2D eigenvalue weighted by Crippen LogP contribution is -2.15. The summed E-state index contributed by atoms with van der Waals surface area (Å²) in [5, 5.41) is 14.3. The van der Waals surface area contributed by atoms with Crippen molar-refractivity contribution in [3.05, 3.63) is 65.4 Å². The Hall–Kier alpha value is -2.17. The first-order valence-corrected chi connectivity index (χ1v) is 7.95. The zero-order valence-corrected chi connectivity index (χ0v) is 13.4. The van der Waals surface area contributed by atoms with Gasteiger partial charge in [-0.15, -0.1) is 0 Å². The number of benzene rings is 2. The van der Waals surface area contributed by atoms with Crippen molar-refractivity contribution in [1.82, 2.24) is 9.97 Å². The number of aliphatic hydroxyl groups excluding tert-OH is 1. The Morgan fingerprint density at radius 3 is 2.70 bits per heavy atom. The van der Waals surface area contributed by atoms with E-state index in [4.69, 9.17) is 11.6 Å². The fraction of sp³-hybridized carbons (Fsp3) is 0.222. The number of nitrogens with one attached hydrogen (secondary N) is 1. The molecule has 1 unspecified atom stereocenters. The summed E-state index contributed by atoms with van der Waals surface area (Å²) in [6.45, 7) is 0.848. The first-order chi connectivity index (χ1) is 11.3. The number of aliphatic hydroxyl groups is 1. The van der Waals surface area contributed by atoms with Gasteiger partial charge in [0.1, 0.15) is 12.1 Å². The molecule has 3 rings (SSSR count). The molecule has 0 aliphatic heterocycles. The van der Waals surface area contributed by atoms with E-state index < -0.39 is 0 Å². The highest BCUT2D eigenvalue weighted by Crippen LogP contribution is 2.24. The molecule has 23 heavy (non-hydrogen) atoms. The molecule has 0 bridgehead atoms. The lowest BCUT2D eigenvalue weighted by Gasteiger charge is -2.18. The maximum absolute atomic E-state index is 9.33. The van der Waals surface area contributed by atoms with Crippen molar-refractivity contribution in [3.8, 4) is 0 Å². The van der Waals surface area contributed by atoms with E-state index in [1.54, 1.807) is 0 Å². The third-order valence-corrected chi connectivity index (χ3v) is 4.10. The number of nitrogens with zero attached hydrogens (tertiary/aromatic N) is 2. The molecule has 0 radical (unpaired) electrons. The number of anilines is 1. The number of aromatic nitrogens is 2. The normalized spacial score (nSPS) is 12.3. The summed E-state index contributed by atoms with van der Waals surface area (Å²) in [5.74, 6) is 1.00. The number of hydrogen-bond donors (Lipinski definition) is 2. The zero-order valence-electron chi connectivity index (χ0n) is 12.6. The van der Waals surface area contributed by atoms with Crippen molar-refractivity contribution in [1.29, 1.82) is 0 Å². The Labute approximate surface area is 140 Å². The van der Waals surface area contributed by atoms with Crippen LogP contribution >= 0.6 is 11.6 Å². The van der Waals surface area contributed by atoms with Crippen LogP contribution in [-0.2, 0) is 0 Å². The van der Waals surface area contributed by atoms with E-state index in [0.717, 1.165) is 16.7 Å². The van der Waals surface area contributed by atoms with E-state index in [1.165, 1.54) is 11.9 Å². The lowest BCUT2D eigenvalue weighted by atomic mass is 9.96. The molecule has 0 amide bonds. The van der Waals surface area contributed by atoms with Crippen molar-refractivity contribution in [2.24, 2.45) is 0 Å². The first kappa shape index (κ1) is 15.7. The molecular weight excluding hydrogens is 310 g/mol. The zero-order chi connectivity index (χ0) is 16.1. The van der Waals surface area contributed by atoms with Crippen LogP contribution in [0, 0.1) is 0 Å². The van der Waals surface area contributed by atoms with Crippen LogP contribution in [0.2, 0.25) is 5.02 Å². The Bertz CT molecular complexity index is 780. The summed E-state index contributed by atoms with van der Waals surface area (Å²) < 4.78 is 0. The van der Waals surface area contributed by atoms with E-state index in [-0.39, 0.29) is 12.5 Å². The highest BCUT2D eigenvalue weighted by Gasteiger charge is 2.12. The van der Waals surface area contributed by atoms with Crippen LogP contribution in [0.1, 0.15) is 17.9 Å². The summed E-state index contributed by atoms with van der Waals surface area (Å²) in [6, 6.07) is 15.8. The van der Waals surface area contributed by atoms with Gasteiger partial charge in [0.05, 0.1) is 5.52 Å². The molecule has 0 saturated heterocycles. The van der Waals surface area contributed by atoms with Gasteiger partial charge < -0.3 is 10.4 Å². The fourth-order valence-corrected chi connectivity index (χ4v) is 2.82. The Morgan fingerprint density at radius 2 is 1.91 bits per heavy atom. The Kier molecular flexibility index (Phi) is 5.05. The minimum Gasteiger partial charge on any atom is -0.396 e. The van der Waals surface area contributed by atoms with Gasteiger partial charge in [0.15, 0.2) is 0 Å². The van der Waals surface area contributed by atoms with Crippen molar-refractivity contribution in [3.63, 3.8) is 0 Å². The van der Waals surface area contributed by atoms with Gasteiger partial charge in [-0.05, 0) is 30.2 Å². The van der Waals surface area contributed by atoms with Gasteiger partial charge in [0.2, 0.25) is 0 Å². The van der Waals surface area contributed by atoms with E-state index in [2.05, 4.69) is 27.4 Å². The van der Waals surface area contributed by atoms with Crippen molar-refractivity contribution >= 4 is 28.3 Å². The Balaban J connectivity index is 1.81. The van der Waals surface area contributed by atoms with Crippen LogP contribution in [0.3, 0.4) is 0 Å². The summed E-state index contributed by atoms with van der Waals surface area (Å²) in [7, 11) is 0. The van der Waals surface area contributed by atoms with E-state index >= 15 is 0 Å².